The van der Waals surface area contributed by atoms with Crippen LogP contribution in [-0.4, -0.2) is 24.2 Å². The van der Waals surface area contributed by atoms with Gasteiger partial charge in [0.2, 0.25) is 5.91 Å². The maximum absolute atomic E-state index is 11.7. The zero-order valence-corrected chi connectivity index (χ0v) is 13.2. The second kappa shape index (κ2) is 5.66. The molecular formula is C16H16BrNO3. The Hall–Kier alpha value is -1.59. The van der Waals surface area contributed by atoms with Crippen LogP contribution in [0.15, 0.2) is 34.8 Å². The van der Waals surface area contributed by atoms with Crippen molar-refractivity contribution in [2.24, 2.45) is 0 Å². The summed E-state index contributed by atoms with van der Waals surface area (Å²) >= 11 is 3.55. The van der Waals surface area contributed by atoms with Gasteiger partial charge in [0.15, 0.2) is 0 Å². The Morgan fingerprint density at radius 1 is 1.29 bits per heavy atom. The van der Waals surface area contributed by atoms with Crippen LogP contribution in [0.25, 0.3) is 10.8 Å². The van der Waals surface area contributed by atoms with E-state index in [4.69, 9.17) is 4.74 Å². The molecule has 1 amide bonds. The first-order valence-electron chi connectivity index (χ1n) is 6.82. The number of aliphatic hydroxyl groups excluding tert-OH is 1. The van der Waals surface area contributed by atoms with Gasteiger partial charge in [0, 0.05) is 4.47 Å². The van der Waals surface area contributed by atoms with Gasteiger partial charge in [-0.25, -0.2) is 0 Å². The minimum absolute atomic E-state index is 0.113. The van der Waals surface area contributed by atoms with E-state index < -0.39 is 6.10 Å². The molecule has 5 heteroatoms. The highest BCUT2D eigenvalue weighted by atomic mass is 79.9. The summed E-state index contributed by atoms with van der Waals surface area (Å²) in [6.45, 7) is 0. The summed E-state index contributed by atoms with van der Waals surface area (Å²) in [6.07, 6.45) is 0.113. The number of nitrogens with one attached hydrogen (secondary N) is 1. The number of amides is 1. The van der Waals surface area contributed by atoms with Crippen LogP contribution in [0, 0.1) is 0 Å². The van der Waals surface area contributed by atoms with Crippen molar-refractivity contribution in [2.75, 3.05) is 7.11 Å². The highest BCUT2D eigenvalue weighted by Gasteiger charge is 2.27. The van der Waals surface area contributed by atoms with Gasteiger partial charge < -0.3 is 15.2 Å². The number of benzene rings is 2. The van der Waals surface area contributed by atoms with Crippen LogP contribution in [0.5, 0.6) is 5.75 Å². The molecule has 0 aromatic heterocycles. The van der Waals surface area contributed by atoms with E-state index in [1.165, 1.54) is 0 Å². The molecule has 1 aliphatic heterocycles. The Morgan fingerprint density at radius 3 is 2.81 bits per heavy atom. The quantitative estimate of drug-likeness (QED) is 0.876. The van der Waals surface area contributed by atoms with E-state index in [0.29, 0.717) is 6.42 Å². The number of fused-ring (bicyclic) bond motifs is 1. The molecule has 0 radical (unpaired) electrons. The summed E-state index contributed by atoms with van der Waals surface area (Å²) in [4.78, 5) is 11.7. The SMILES string of the molecule is COc1ccc2c(Br)ccc(C3C[C@H](O)CC(=O)N3)c2c1. The third-order valence-corrected chi connectivity index (χ3v) is 4.54. The molecule has 1 aliphatic rings. The zero-order chi connectivity index (χ0) is 15.0. The predicted molar refractivity (Wildman–Crippen MR) is 84.3 cm³/mol. The fourth-order valence-corrected chi connectivity index (χ4v) is 3.31. The van der Waals surface area contributed by atoms with Crippen molar-refractivity contribution in [2.45, 2.75) is 25.0 Å². The van der Waals surface area contributed by atoms with E-state index in [1.807, 2.05) is 30.3 Å². The number of rotatable bonds is 2. The smallest absolute Gasteiger partial charge is 0.223 e. The first-order chi connectivity index (χ1) is 10.1. The third kappa shape index (κ3) is 2.76. The molecular weight excluding hydrogens is 334 g/mol. The van der Waals surface area contributed by atoms with E-state index in [9.17, 15) is 9.90 Å². The van der Waals surface area contributed by atoms with Crippen molar-refractivity contribution in [3.63, 3.8) is 0 Å². The van der Waals surface area contributed by atoms with Gasteiger partial charge in [-0.1, -0.05) is 22.0 Å². The van der Waals surface area contributed by atoms with Crippen molar-refractivity contribution >= 4 is 32.6 Å². The van der Waals surface area contributed by atoms with Crippen LogP contribution in [0.1, 0.15) is 24.4 Å². The lowest BCUT2D eigenvalue weighted by Crippen LogP contribution is -2.39. The fourth-order valence-electron chi connectivity index (χ4n) is 2.83. The van der Waals surface area contributed by atoms with Gasteiger partial charge >= 0.3 is 0 Å². The van der Waals surface area contributed by atoms with Crippen LogP contribution < -0.4 is 10.1 Å². The first kappa shape index (κ1) is 14.4. The molecule has 0 aliphatic carbocycles. The van der Waals surface area contributed by atoms with Crippen molar-refractivity contribution in [1.29, 1.82) is 0 Å². The van der Waals surface area contributed by atoms with Crippen molar-refractivity contribution in [3.05, 3.63) is 40.4 Å². The average Bonchev–Trinajstić information content (AvgIpc) is 2.46. The molecule has 110 valence electrons. The highest BCUT2D eigenvalue weighted by Crippen LogP contribution is 2.35. The molecule has 0 spiro atoms. The molecule has 1 fully saturated rings. The normalized spacial score (nSPS) is 22.1. The largest absolute Gasteiger partial charge is 0.497 e. The lowest BCUT2D eigenvalue weighted by molar-refractivity contribution is -0.126. The van der Waals surface area contributed by atoms with Crippen molar-refractivity contribution in [3.8, 4) is 5.75 Å². The number of hydrogen-bond acceptors (Lipinski definition) is 3. The lowest BCUT2D eigenvalue weighted by atomic mass is 9.91. The van der Waals surface area contributed by atoms with E-state index in [1.54, 1.807) is 7.11 Å². The van der Waals surface area contributed by atoms with Crippen LogP contribution in [0.2, 0.25) is 0 Å². The van der Waals surface area contributed by atoms with Gasteiger partial charge in [-0.05, 0) is 47.0 Å². The highest BCUT2D eigenvalue weighted by molar-refractivity contribution is 9.10. The Morgan fingerprint density at radius 2 is 2.10 bits per heavy atom. The zero-order valence-electron chi connectivity index (χ0n) is 11.6. The van der Waals surface area contributed by atoms with Gasteiger partial charge in [0.1, 0.15) is 5.75 Å². The predicted octanol–water partition coefficient (Wildman–Crippen LogP) is 2.92. The monoisotopic (exact) mass is 349 g/mol. The Balaban J connectivity index is 2.13. The standard InChI is InChI=1S/C16H16BrNO3/c1-21-10-2-3-11-13(8-10)12(4-5-14(11)17)15-6-9(19)7-16(20)18-15/h2-5,8-9,15,19H,6-7H2,1H3,(H,18,20)/t9-,15?/m0/s1. The van der Waals surface area contributed by atoms with Gasteiger partial charge in [0.05, 0.1) is 25.7 Å². The number of ether oxygens (including phenoxy) is 1. The second-order valence-corrected chi connectivity index (χ2v) is 6.12. The molecule has 0 bridgehead atoms. The summed E-state index contributed by atoms with van der Waals surface area (Å²) in [5, 5.41) is 14.9. The van der Waals surface area contributed by atoms with Crippen LogP contribution in [-0.2, 0) is 4.79 Å². The molecule has 21 heavy (non-hydrogen) atoms. The molecule has 1 saturated heterocycles. The topological polar surface area (TPSA) is 58.6 Å². The molecule has 1 unspecified atom stereocenters. The van der Waals surface area contributed by atoms with Gasteiger partial charge in [-0.3, -0.25) is 4.79 Å². The van der Waals surface area contributed by atoms with Crippen LogP contribution in [0.4, 0.5) is 0 Å². The summed E-state index contributed by atoms with van der Waals surface area (Å²) in [7, 11) is 1.63. The number of aliphatic hydroxyl groups is 1. The minimum Gasteiger partial charge on any atom is -0.497 e. The Labute approximate surface area is 131 Å². The maximum Gasteiger partial charge on any atom is 0.223 e. The summed E-state index contributed by atoms with van der Waals surface area (Å²) < 4.78 is 6.29. The number of hydrogen-bond donors (Lipinski definition) is 2. The molecule has 4 nitrogen and oxygen atoms in total. The second-order valence-electron chi connectivity index (χ2n) is 5.26. The average molecular weight is 350 g/mol. The summed E-state index contributed by atoms with van der Waals surface area (Å²) in [5.41, 5.74) is 0.999. The first-order valence-corrected chi connectivity index (χ1v) is 7.61. The molecule has 3 rings (SSSR count). The minimum atomic E-state index is -0.590. The fraction of sp³-hybridized carbons (Fsp3) is 0.312. The Kier molecular flexibility index (Phi) is 3.87. The number of halogens is 1. The number of carbonyl (C=O) groups is 1. The van der Waals surface area contributed by atoms with E-state index >= 15 is 0 Å². The van der Waals surface area contributed by atoms with Crippen molar-refractivity contribution in [1.82, 2.24) is 5.32 Å². The van der Waals surface area contributed by atoms with Crippen LogP contribution in [0.3, 0.4) is 0 Å². The van der Waals surface area contributed by atoms with Crippen LogP contribution >= 0.6 is 15.9 Å². The summed E-state index contributed by atoms with van der Waals surface area (Å²) in [6, 6.07) is 9.63. The van der Waals surface area contributed by atoms with Gasteiger partial charge in [-0.2, -0.15) is 0 Å². The van der Waals surface area contributed by atoms with Crippen molar-refractivity contribution < 1.29 is 14.6 Å². The molecule has 2 aromatic carbocycles. The number of methoxy groups -OCH3 is 1. The Bertz CT molecular complexity index is 701. The number of carbonyl (C=O) groups excluding carboxylic acids is 1. The van der Waals surface area contributed by atoms with Gasteiger partial charge in [-0.15, -0.1) is 0 Å². The molecule has 2 aromatic rings. The molecule has 2 atom stereocenters. The maximum atomic E-state index is 11.7. The number of piperidine rings is 1. The molecule has 1 heterocycles. The van der Waals surface area contributed by atoms with E-state index in [2.05, 4.69) is 21.2 Å². The van der Waals surface area contributed by atoms with E-state index in [0.717, 1.165) is 26.6 Å². The molecule has 2 N–H and O–H groups in total. The van der Waals surface area contributed by atoms with E-state index in [-0.39, 0.29) is 18.4 Å². The molecule has 0 saturated carbocycles. The van der Waals surface area contributed by atoms with Gasteiger partial charge in [0.25, 0.3) is 0 Å². The summed E-state index contributed by atoms with van der Waals surface area (Å²) in [5.74, 6) is 0.655. The lowest BCUT2D eigenvalue weighted by Gasteiger charge is -2.28. The third-order valence-electron chi connectivity index (χ3n) is 3.84.